The highest BCUT2D eigenvalue weighted by molar-refractivity contribution is 7.91. The molecule has 3 amide bonds. The lowest BCUT2D eigenvalue weighted by Gasteiger charge is -2.27. The van der Waals surface area contributed by atoms with E-state index in [1.165, 1.54) is 23.1 Å². The zero-order chi connectivity index (χ0) is 27.7. The lowest BCUT2D eigenvalue weighted by molar-refractivity contribution is -0.120. The number of nitrogens with zero attached hydrogens (tertiary/aromatic N) is 1. The van der Waals surface area contributed by atoms with Gasteiger partial charge in [0.25, 0.3) is 11.8 Å². The number of halogens is 1. The van der Waals surface area contributed by atoms with Crippen LogP contribution in [0.25, 0.3) is 0 Å². The van der Waals surface area contributed by atoms with Crippen molar-refractivity contribution in [2.75, 3.05) is 23.9 Å². The third-order valence-electron chi connectivity index (χ3n) is 6.01. The molecule has 2 aliphatic heterocycles. The van der Waals surface area contributed by atoms with Crippen molar-refractivity contribution in [3.8, 4) is 0 Å². The monoisotopic (exact) mass is 563 g/mol. The first-order chi connectivity index (χ1) is 17.8. The molecule has 0 bridgehead atoms. The molecule has 38 heavy (non-hydrogen) atoms. The van der Waals surface area contributed by atoms with E-state index in [0.717, 1.165) is 0 Å². The molecule has 204 valence electrons. The molecule has 12 heteroatoms. The van der Waals surface area contributed by atoms with Crippen molar-refractivity contribution < 1.29 is 32.3 Å². The molecule has 4 rings (SSSR count). The summed E-state index contributed by atoms with van der Waals surface area (Å²) in [6.45, 7) is 5.89. The van der Waals surface area contributed by atoms with Gasteiger partial charge in [0.15, 0.2) is 9.84 Å². The maximum atomic E-state index is 13.8. The Hall–Kier alpha value is -3.15. The number of sulfone groups is 1. The van der Waals surface area contributed by atoms with Crippen molar-refractivity contribution >= 4 is 45.0 Å². The molecular formula is C26H30ClN3O7S. The minimum absolute atomic E-state index is 0.0213. The van der Waals surface area contributed by atoms with E-state index >= 15 is 0 Å². The molecule has 10 nitrogen and oxygen atoms in total. The quantitative estimate of drug-likeness (QED) is 0.571. The number of fused-ring (bicyclic) bond motifs is 1. The Morgan fingerprint density at radius 2 is 1.84 bits per heavy atom. The number of ether oxygens (including phenoxy) is 2. The van der Waals surface area contributed by atoms with Crippen molar-refractivity contribution in [1.82, 2.24) is 10.6 Å². The van der Waals surface area contributed by atoms with Crippen LogP contribution in [0, 0.1) is 0 Å². The summed E-state index contributed by atoms with van der Waals surface area (Å²) in [6.07, 6.45) is -0.244. The summed E-state index contributed by atoms with van der Waals surface area (Å²) in [5.41, 5.74) is 0.0593. The Kier molecular flexibility index (Phi) is 8.01. The van der Waals surface area contributed by atoms with E-state index in [9.17, 15) is 22.8 Å². The first-order valence-electron chi connectivity index (χ1n) is 12.1. The van der Waals surface area contributed by atoms with Crippen LogP contribution in [-0.4, -0.2) is 63.0 Å². The van der Waals surface area contributed by atoms with E-state index in [1.807, 2.05) is 0 Å². The Balaban J connectivity index is 1.73. The Morgan fingerprint density at radius 1 is 1.13 bits per heavy atom. The van der Waals surface area contributed by atoms with Gasteiger partial charge < -0.3 is 25.0 Å². The van der Waals surface area contributed by atoms with E-state index in [2.05, 4.69) is 10.6 Å². The number of carbonyl (C=O) groups excluding carboxylic acids is 3. The van der Waals surface area contributed by atoms with Gasteiger partial charge in [-0.3, -0.25) is 9.59 Å². The van der Waals surface area contributed by atoms with Gasteiger partial charge in [0.2, 0.25) is 0 Å². The minimum Gasteiger partial charge on any atom is -0.444 e. The average Bonchev–Trinajstić information content (AvgIpc) is 3.32. The summed E-state index contributed by atoms with van der Waals surface area (Å²) >= 11 is 6.01. The van der Waals surface area contributed by atoms with Gasteiger partial charge in [0.05, 0.1) is 35.5 Å². The van der Waals surface area contributed by atoms with Crippen LogP contribution >= 0.6 is 11.6 Å². The van der Waals surface area contributed by atoms with Crippen molar-refractivity contribution in [2.45, 2.75) is 56.3 Å². The van der Waals surface area contributed by atoms with Crippen LogP contribution in [0.5, 0.6) is 0 Å². The fourth-order valence-electron chi connectivity index (χ4n) is 4.23. The van der Waals surface area contributed by atoms with Gasteiger partial charge in [-0.1, -0.05) is 23.7 Å². The van der Waals surface area contributed by atoms with E-state index in [4.69, 9.17) is 21.1 Å². The number of rotatable bonds is 5. The van der Waals surface area contributed by atoms with Gasteiger partial charge in [0.1, 0.15) is 11.6 Å². The molecule has 0 saturated carbocycles. The SMILES string of the molecule is CC(C)(C)OC(=O)N[C@H]1CS(=O)(=O)c2ccc(C(=O)N[C@@H]3CCOC3)cc2N(Cc2ccc(Cl)cc2)C1=O. The maximum absolute atomic E-state index is 13.8. The Morgan fingerprint density at radius 3 is 2.47 bits per heavy atom. The molecule has 2 atom stereocenters. The molecule has 2 heterocycles. The third kappa shape index (κ3) is 6.64. The van der Waals surface area contributed by atoms with Crippen LogP contribution in [0.15, 0.2) is 47.4 Å². The first kappa shape index (κ1) is 27.9. The average molecular weight is 564 g/mol. The smallest absolute Gasteiger partial charge is 0.408 e. The molecule has 0 aliphatic carbocycles. The summed E-state index contributed by atoms with van der Waals surface area (Å²) < 4.78 is 37.4. The van der Waals surface area contributed by atoms with Crippen LogP contribution in [0.2, 0.25) is 5.02 Å². The Bertz CT molecular complexity index is 1330. The molecular weight excluding hydrogens is 534 g/mol. The number of alkyl carbamates (subject to hydrolysis) is 1. The molecule has 2 N–H and O–H groups in total. The highest BCUT2D eigenvalue weighted by atomic mass is 35.5. The molecule has 2 aliphatic rings. The third-order valence-corrected chi connectivity index (χ3v) is 8.05. The molecule has 2 aromatic rings. The molecule has 1 saturated heterocycles. The Labute approximate surface area is 226 Å². The summed E-state index contributed by atoms with van der Waals surface area (Å²) in [5, 5.41) is 5.79. The second kappa shape index (κ2) is 10.9. The second-order valence-electron chi connectivity index (χ2n) is 10.2. The van der Waals surface area contributed by atoms with E-state index in [-0.39, 0.29) is 28.7 Å². The summed E-state index contributed by atoms with van der Waals surface area (Å²) in [7, 11) is -4.05. The number of nitrogens with one attached hydrogen (secondary N) is 2. The number of anilines is 1. The fourth-order valence-corrected chi connectivity index (χ4v) is 5.96. The predicted octanol–water partition coefficient (Wildman–Crippen LogP) is 3.07. The highest BCUT2D eigenvalue weighted by Gasteiger charge is 2.39. The second-order valence-corrected chi connectivity index (χ2v) is 12.7. The lowest BCUT2D eigenvalue weighted by Crippen LogP contribution is -2.51. The highest BCUT2D eigenvalue weighted by Crippen LogP contribution is 2.33. The van der Waals surface area contributed by atoms with Gasteiger partial charge in [0, 0.05) is 17.2 Å². The molecule has 2 aromatic carbocycles. The van der Waals surface area contributed by atoms with Gasteiger partial charge in [-0.25, -0.2) is 13.2 Å². The molecule has 0 unspecified atom stereocenters. The molecule has 0 spiro atoms. The minimum atomic E-state index is -4.05. The zero-order valence-electron chi connectivity index (χ0n) is 21.3. The number of hydrogen-bond acceptors (Lipinski definition) is 7. The van der Waals surface area contributed by atoms with Crippen molar-refractivity contribution in [3.05, 3.63) is 58.6 Å². The number of carbonyl (C=O) groups is 3. The normalized spacial score (nSPS) is 20.8. The number of hydrogen-bond donors (Lipinski definition) is 2. The fraction of sp³-hybridized carbons (Fsp3) is 0.423. The number of benzene rings is 2. The molecule has 0 radical (unpaired) electrons. The topological polar surface area (TPSA) is 131 Å². The van der Waals surface area contributed by atoms with Gasteiger partial charge in [-0.2, -0.15) is 0 Å². The summed E-state index contributed by atoms with van der Waals surface area (Å²) in [6, 6.07) is 9.28. The molecule has 0 aromatic heterocycles. The van der Waals surface area contributed by atoms with Crippen LogP contribution in [0.1, 0.15) is 43.1 Å². The van der Waals surface area contributed by atoms with Gasteiger partial charge in [-0.15, -0.1) is 0 Å². The van der Waals surface area contributed by atoms with E-state index in [0.29, 0.717) is 30.2 Å². The lowest BCUT2D eigenvalue weighted by atomic mass is 10.1. The van der Waals surface area contributed by atoms with Gasteiger partial charge in [-0.05, 0) is 63.1 Å². The molecule has 1 fully saturated rings. The van der Waals surface area contributed by atoms with Crippen molar-refractivity contribution in [3.63, 3.8) is 0 Å². The largest absolute Gasteiger partial charge is 0.444 e. The maximum Gasteiger partial charge on any atom is 0.408 e. The van der Waals surface area contributed by atoms with Crippen molar-refractivity contribution in [2.24, 2.45) is 0 Å². The van der Waals surface area contributed by atoms with Crippen molar-refractivity contribution in [1.29, 1.82) is 0 Å². The standard InChI is InChI=1S/C26H30ClN3O7S/c1-26(2,3)37-25(33)29-20-15-38(34,35)22-9-6-17(23(31)28-19-10-11-36-14-19)12-21(22)30(24(20)32)13-16-4-7-18(27)8-5-16/h4-9,12,19-20H,10-11,13-15H2,1-3H3,(H,28,31)(H,29,33)/t19-,20+/m1/s1. The van der Waals surface area contributed by atoms with Crippen LogP contribution in [0.4, 0.5) is 10.5 Å². The predicted molar refractivity (Wildman–Crippen MR) is 141 cm³/mol. The number of amides is 3. The van der Waals surface area contributed by atoms with Crippen LogP contribution in [-0.2, 0) is 30.7 Å². The van der Waals surface area contributed by atoms with Crippen LogP contribution in [0.3, 0.4) is 0 Å². The van der Waals surface area contributed by atoms with E-state index < -0.39 is 45.1 Å². The zero-order valence-corrected chi connectivity index (χ0v) is 22.9. The summed E-state index contributed by atoms with van der Waals surface area (Å²) in [4.78, 5) is 40.4. The van der Waals surface area contributed by atoms with E-state index in [1.54, 1.807) is 45.0 Å². The summed E-state index contributed by atoms with van der Waals surface area (Å²) in [5.74, 6) is -1.73. The first-order valence-corrected chi connectivity index (χ1v) is 14.2. The van der Waals surface area contributed by atoms with Gasteiger partial charge >= 0.3 is 6.09 Å². The van der Waals surface area contributed by atoms with Crippen LogP contribution < -0.4 is 15.5 Å².